The number of carbonyl (C=O) groups excluding carboxylic acids is 2. The Bertz CT molecular complexity index is 966. The smallest absolute Gasteiger partial charge is 0.255 e. The normalized spacial score (nSPS) is 14.9. The van der Waals surface area contributed by atoms with Gasteiger partial charge in [-0.15, -0.1) is 0 Å². The van der Waals surface area contributed by atoms with Crippen LogP contribution in [0.4, 0.5) is 11.4 Å². The van der Waals surface area contributed by atoms with E-state index in [1.54, 1.807) is 31.2 Å². The van der Waals surface area contributed by atoms with Crippen molar-refractivity contribution in [3.63, 3.8) is 0 Å². The van der Waals surface area contributed by atoms with E-state index in [2.05, 4.69) is 10.6 Å². The van der Waals surface area contributed by atoms with E-state index in [0.29, 0.717) is 49.7 Å². The number of nitrogens with zero attached hydrogens (tertiary/aromatic N) is 1. The number of anilines is 2. The van der Waals surface area contributed by atoms with Crippen LogP contribution in [-0.2, 0) is 19.6 Å². The predicted octanol–water partition coefficient (Wildman–Crippen LogP) is 2.31. The molecule has 1 heterocycles. The van der Waals surface area contributed by atoms with Gasteiger partial charge in [0.2, 0.25) is 15.9 Å². The molecular formula is C20H23N3O5S. The number of carbonyl (C=O) groups is 2. The predicted molar refractivity (Wildman–Crippen MR) is 109 cm³/mol. The summed E-state index contributed by atoms with van der Waals surface area (Å²) in [5, 5.41) is 5.48. The Morgan fingerprint density at radius 2 is 1.48 bits per heavy atom. The van der Waals surface area contributed by atoms with Crippen molar-refractivity contribution in [2.45, 2.75) is 18.2 Å². The summed E-state index contributed by atoms with van der Waals surface area (Å²) in [7, 11) is -3.59. The SMILES string of the molecule is CCC(=O)Nc1ccc(NC(=O)c2ccc(S(=O)(=O)N3CCOCC3)cc2)cc1. The van der Waals surface area contributed by atoms with Gasteiger partial charge in [0, 0.05) is 36.4 Å². The van der Waals surface area contributed by atoms with E-state index in [1.807, 2.05) is 0 Å². The third-order valence-electron chi connectivity index (χ3n) is 4.47. The Kier molecular flexibility index (Phi) is 6.63. The van der Waals surface area contributed by atoms with Gasteiger partial charge in [-0.3, -0.25) is 9.59 Å². The minimum absolute atomic E-state index is 0.0890. The van der Waals surface area contributed by atoms with Crippen molar-refractivity contribution < 1.29 is 22.7 Å². The first-order valence-electron chi connectivity index (χ1n) is 9.29. The third-order valence-corrected chi connectivity index (χ3v) is 6.38. The van der Waals surface area contributed by atoms with Crippen LogP contribution in [0.15, 0.2) is 53.4 Å². The second-order valence-electron chi connectivity index (χ2n) is 6.47. The molecule has 9 heteroatoms. The molecule has 154 valence electrons. The summed E-state index contributed by atoms with van der Waals surface area (Å²) in [6.07, 6.45) is 0.385. The number of ether oxygens (including phenoxy) is 1. The van der Waals surface area contributed by atoms with E-state index in [4.69, 9.17) is 4.74 Å². The highest BCUT2D eigenvalue weighted by atomic mass is 32.2. The zero-order valence-corrected chi connectivity index (χ0v) is 16.9. The lowest BCUT2D eigenvalue weighted by atomic mass is 10.2. The second kappa shape index (κ2) is 9.17. The average molecular weight is 417 g/mol. The Labute approximate surface area is 169 Å². The lowest BCUT2D eigenvalue weighted by Crippen LogP contribution is -2.40. The molecule has 0 bridgehead atoms. The van der Waals surface area contributed by atoms with Crippen molar-refractivity contribution >= 4 is 33.2 Å². The largest absolute Gasteiger partial charge is 0.379 e. The summed E-state index contributed by atoms with van der Waals surface area (Å²) in [4.78, 5) is 24.0. The zero-order chi connectivity index (χ0) is 20.9. The van der Waals surface area contributed by atoms with Crippen LogP contribution in [0, 0.1) is 0 Å². The van der Waals surface area contributed by atoms with Gasteiger partial charge in [0.1, 0.15) is 0 Å². The monoisotopic (exact) mass is 417 g/mol. The van der Waals surface area contributed by atoms with Gasteiger partial charge in [-0.1, -0.05) is 6.92 Å². The molecule has 1 fully saturated rings. The molecule has 0 aliphatic carbocycles. The summed E-state index contributed by atoms with van der Waals surface area (Å²) in [6.45, 7) is 3.15. The van der Waals surface area contributed by atoms with E-state index < -0.39 is 10.0 Å². The van der Waals surface area contributed by atoms with Gasteiger partial charge < -0.3 is 15.4 Å². The Morgan fingerprint density at radius 3 is 2.03 bits per heavy atom. The molecule has 0 aromatic heterocycles. The number of sulfonamides is 1. The number of amides is 2. The zero-order valence-electron chi connectivity index (χ0n) is 16.1. The Hall–Kier alpha value is -2.75. The molecule has 0 spiro atoms. The molecule has 1 aliphatic heterocycles. The maximum absolute atomic E-state index is 12.6. The topological polar surface area (TPSA) is 105 Å². The van der Waals surface area contributed by atoms with Crippen molar-refractivity contribution in [2.24, 2.45) is 0 Å². The minimum Gasteiger partial charge on any atom is -0.379 e. The summed E-state index contributed by atoms with van der Waals surface area (Å²) >= 11 is 0. The fraction of sp³-hybridized carbons (Fsp3) is 0.300. The van der Waals surface area contributed by atoms with Gasteiger partial charge >= 0.3 is 0 Å². The van der Waals surface area contributed by atoms with Crippen molar-refractivity contribution in [3.8, 4) is 0 Å². The van der Waals surface area contributed by atoms with Crippen molar-refractivity contribution in [2.75, 3.05) is 36.9 Å². The molecule has 29 heavy (non-hydrogen) atoms. The van der Waals surface area contributed by atoms with Crippen molar-refractivity contribution in [1.82, 2.24) is 4.31 Å². The summed E-state index contributed by atoms with van der Waals surface area (Å²) in [6, 6.07) is 12.6. The van der Waals surface area contributed by atoms with Gasteiger partial charge in [0.15, 0.2) is 0 Å². The minimum atomic E-state index is -3.59. The molecule has 0 radical (unpaired) electrons. The highest BCUT2D eigenvalue weighted by Crippen LogP contribution is 2.19. The summed E-state index contributed by atoms with van der Waals surface area (Å²) in [5.41, 5.74) is 1.55. The number of nitrogens with one attached hydrogen (secondary N) is 2. The Balaban J connectivity index is 1.65. The van der Waals surface area contributed by atoms with Gasteiger partial charge in [-0.25, -0.2) is 8.42 Å². The number of hydrogen-bond acceptors (Lipinski definition) is 5. The lowest BCUT2D eigenvalue weighted by Gasteiger charge is -2.26. The molecule has 0 unspecified atom stereocenters. The molecule has 0 saturated carbocycles. The van der Waals surface area contributed by atoms with Crippen LogP contribution in [0.3, 0.4) is 0 Å². The fourth-order valence-electron chi connectivity index (χ4n) is 2.80. The van der Waals surface area contributed by atoms with Gasteiger partial charge in [-0.2, -0.15) is 4.31 Å². The molecule has 3 rings (SSSR count). The molecule has 1 saturated heterocycles. The first-order valence-corrected chi connectivity index (χ1v) is 10.7. The van der Waals surface area contributed by atoms with Gasteiger partial charge in [0.05, 0.1) is 18.1 Å². The van der Waals surface area contributed by atoms with E-state index >= 15 is 0 Å². The van der Waals surface area contributed by atoms with Crippen LogP contribution >= 0.6 is 0 Å². The molecule has 2 aromatic rings. The molecule has 2 N–H and O–H groups in total. The third kappa shape index (κ3) is 5.20. The van der Waals surface area contributed by atoms with Crippen LogP contribution < -0.4 is 10.6 Å². The highest BCUT2D eigenvalue weighted by molar-refractivity contribution is 7.89. The van der Waals surface area contributed by atoms with Crippen LogP contribution in [0.25, 0.3) is 0 Å². The van der Waals surface area contributed by atoms with E-state index in [9.17, 15) is 18.0 Å². The fourth-order valence-corrected chi connectivity index (χ4v) is 4.21. The van der Waals surface area contributed by atoms with E-state index in [1.165, 1.54) is 28.6 Å². The van der Waals surface area contributed by atoms with E-state index in [-0.39, 0.29) is 16.7 Å². The van der Waals surface area contributed by atoms with Crippen LogP contribution in [0.5, 0.6) is 0 Å². The van der Waals surface area contributed by atoms with Crippen molar-refractivity contribution in [1.29, 1.82) is 0 Å². The maximum atomic E-state index is 12.6. The Morgan fingerprint density at radius 1 is 0.931 bits per heavy atom. The van der Waals surface area contributed by atoms with Gasteiger partial charge in [-0.05, 0) is 48.5 Å². The maximum Gasteiger partial charge on any atom is 0.255 e. The molecule has 1 aliphatic rings. The first kappa shape index (κ1) is 21.0. The first-order chi connectivity index (χ1) is 13.9. The quantitative estimate of drug-likeness (QED) is 0.750. The highest BCUT2D eigenvalue weighted by Gasteiger charge is 2.26. The van der Waals surface area contributed by atoms with Crippen LogP contribution in [0.2, 0.25) is 0 Å². The summed E-state index contributed by atoms with van der Waals surface area (Å²) < 4.78 is 31.8. The van der Waals surface area contributed by atoms with Crippen molar-refractivity contribution in [3.05, 3.63) is 54.1 Å². The van der Waals surface area contributed by atoms with Gasteiger partial charge in [0.25, 0.3) is 5.91 Å². The summed E-state index contributed by atoms with van der Waals surface area (Å²) in [5.74, 6) is -0.445. The standard InChI is InChI=1S/C20H23N3O5S/c1-2-19(24)21-16-5-7-17(8-6-16)22-20(25)15-3-9-18(10-4-15)29(26,27)23-11-13-28-14-12-23/h3-10H,2,11-14H2,1H3,(H,21,24)(H,22,25). The van der Waals surface area contributed by atoms with Crippen LogP contribution in [-0.4, -0.2) is 50.8 Å². The number of benzene rings is 2. The van der Waals surface area contributed by atoms with E-state index in [0.717, 1.165) is 0 Å². The molecule has 0 atom stereocenters. The average Bonchev–Trinajstić information content (AvgIpc) is 2.75. The number of rotatable bonds is 6. The number of hydrogen-bond donors (Lipinski definition) is 2. The lowest BCUT2D eigenvalue weighted by molar-refractivity contribution is -0.115. The molecule has 8 nitrogen and oxygen atoms in total. The second-order valence-corrected chi connectivity index (χ2v) is 8.41. The molecule has 2 amide bonds. The van der Waals surface area contributed by atoms with Crippen LogP contribution in [0.1, 0.15) is 23.7 Å². The number of morpholine rings is 1. The molecule has 2 aromatic carbocycles. The molecular weight excluding hydrogens is 394 g/mol.